The number of rotatable bonds is 5. The summed E-state index contributed by atoms with van der Waals surface area (Å²) < 4.78 is 38.3. The van der Waals surface area contributed by atoms with E-state index in [1.54, 1.807) is 12.4 Å². The Morgan fingerprint density at radius 2 is 2.11 bits per heavy atom. The van der Waals surface area contributed by atoms with E-state index in [0.29, 0.717) is 17.9 Å². The lowest BCUT2D eigenvalue weighted by Gasteiger charge is -2.24. The zero-order chi connectivity index (χ0) is 19.4. The first-order valence-electron chi connectivity index (χ1n) is 8.17. The van der Waals surface area contributed by atoms with E-state index in [-0.39, 0.29) is 18.0 Å². The van der Waals surface area contributed by atoms with Crippen LogP contribution in [0.1, 0.15) is 17.5 Å². The summed E-state index contributed by atoms with van der Waals surface area (Å²) in [6, 6.07) is 6.89. The lowest BCUT2D eigenvalue weighted by Crippen LogP contribution is -2.35. The van der Waals surface area contributed by atoms with Gasteiger partial charge < -0.3 is 10.6 Å². The van der Waals surface area contributed by atoms with Crippen LogP contribution in [0.15, 0.2) is 47.6 Å². The zero-order valence-corrected chi connectivity index (χ0v) is 14.9. The Bertz CT molecular complexity index is 843. The van der Waals surface area contributed by atoms with Gasteiger partial charge in [-0.25, -0.2) is 0 Å². The van der Waals surface area contributed by atoms with Crippen LogP contribution in [0, 0.1) is 0 Å². The Hall–Kier alpha value is -2.55. The lowest BCUT2D eigenvalue weighted by molar-refractivity contribution is -0.137. The molecule has 2 heterocycles. The van der Waals surface area contributed by atoms with E-state index in [1.807, 2.05) is 12.1 Å². The van der Waals surface area contributed by atoms with E-state index in [0.717, 1.165) is 29.5 Å². The number of fused-ring (bicyclic) bond motifs is 1. The number of carbonyl (C=O) groups excluding carboxylic acids is 2. The van der Waals surface area contributed by atoms with Crippen molar-refractivity contribution in [2.24, 2.45) is 0 Å². The molecule has 1 aliphatic heterocycles. The first-order chi connectivity index (χ1) is 12.8. The Kier molecular flexibility index (Phi) is 5.69. The first kappa shape index (κ1) is 19.2. The average Bonchev–Trinajstić information content (AvgIpc) is 2.62. The second kappa shape index (κ2) is 7.99. The maximum Gasteiger partial charge on any atom is 0.416 e. The van der Waals surface area contributed by atoms with Crippen molar-refractivity contribution in [1.29, 1.82) is 0 Å². The topological polar surface area (TPSA) is 71.1 Å². The van der Waals surface area contributed by atoms with Crippen LogP contribution in [0.5, 0.6) is 0 Å². The van der Waals surface area contributed by atoms with Crippen LogP contribution >= 0.6 is 11.8 Å². The number of anilines is 1. The quantitative estimate of drug-likeness (QED) is 0.815. The van der Waals surface area contributed by atoms with Crippen LogP contribution in [0.25, 0.3) is 0 Å². The van der Waals surface area contributed by atoms with Gasteiger partial charge in [-0.2, -0.15) is 13.2 Å². The van der Waals surface area contributed by atoms with E-state index in [2.05, 4.69) is 15.6 Å². The van der Waals surface area contributed by atoms with Crippen molar-refractivity contribution >= 4 is 29.3 Å². The summed E-state index contributed by atoms with van der Waals surface area (Å²) in [5.41, 5.74) is 0.277. The number of hydrogen-bond acceptors (Lipinski definition) is 4. The van der Waals surface area contributed by atoms with Crippen molar-refractivity contribution in [3.8, 4) is 0 Å². The van der Waals surface area contributed by atoms with Gasteiger partial charge in [-0.05, 0) is 36.2 Å². The Labute approximate surface area is 157 Å². The maximum atomic E-state index is 12.8. The second-order valence-corrected chi connectivity index (χ2v) is 7.21. The van der Waals surface area contributed by atoms with Crippen molar-refractivity contribution in [1.82, 2.24) is 10.3 Å². The van der Waals surface area contributed by atoms with Crippen molar-refractivity contribution in [2.75, 3.05) is 11.9 Å². The van der Waals surface area contributed by atoms with E-state index < -0.39 is 22.9 Å². The lowest BCUT2D eigenvalue weighted by atomic mass is 10.1. The fourth-order valence-corrected chi connectivity index (χ4v) is 3.68. The van der Waals surface area contributed by atoms with Gasteiger partial charge >= 0.3 is 6.18 Å². The normalized spacial score (nSPS) is 16.4. The summed E-state index contributed by atoms with van der Waals surface area (Å²) in [5, 5.41) is 4.52. The molecule has 2 aromatic rings. The molecular formula is C18H16F3N3O2S. The number of hydrogen-bond donors (Lipinski definition) is 2. The van der Waals surface area contributed by atoms with Gasteiger partial charge in [0.05, 0.1) is 16.5 Å². The largest absolute Gasteiger partial charge is 0.416 e. The van der Waals surface area contributed by atoms with Crippen LogP contribution in [0.3, 0.4) is 0 Å². The number of nitrogens with one attached hydrogen (secondary N) is 2. The van der Waals surface area contributed by atoms with Gasteiger partial charge in [-0.1, -0.05) is 6.07 Å². The van der Waals surface area contributed by atoms with Crippen LogP contribution in [-0.2, 0) is 22.2 Å². The third-order valence-corrected chi connectivity index (χ3v) is 5.23. The molecule has 0 spiro atoms. The average molecular weight is 395 g/mol. The fourth-order valence-electron chi connectivity index (χ4n) is 2.59. The summed E-state index contributed by atoms with van der Waals surface area (Å²) in [5.74, 6) is -0.767. The molecule has 0 fully saturated rings. The molecule has 5 nitrogen and oxygen atoms in total. The number of halogens is 3. The fraction of sp³-hybridized carbons (Fsp3) is 0.278. The Balaban J connectivity index is 1.55. The number of thioether (sulfide) groups is 1. The van der Waals surface area contributed by atoms with Gasteiger partial charge in [0.1, 0.15) is 0 Å². The van der Waals surface area contributed by atoms with Gasteiger partial charge in [-0.3, -0.25) is 14.6 Å². The van der Waals surface area contributed by atoms with Crippen molar-refractivity contribution in [2.45, 2.75) is 29.2 Å². The molecule has 1 atom stereocenters. The molecule has 0 bridgehead atoms. The Morgan fingerprint density at radius 3 is 2.81 bits per heavy atom. The van der Waals surface area contributed by atoms with Gasteiger partial charge in [0.25, 0.3) is 0 Å². The minimum atomic E-state index is -4.48. The summed E-state index contributed by atoms with van der Waals surface area (Å²) in [6.45, 7) is 0.412. The molecule has 2 N–H and O–H groups in total. The number of amides is 2. The van der Waals surface area contributed by atoms with E-state index in [9.17, 15) is 22.8 Å². The number of pyridine rings is 1. The predicted molar refractivity (Wildman–Crippen MR) is 95.3 cm³/mol. The molecule has 3 rings (SSSR count). The minimum Gasteiger partial charge on any atom is -0.356 e. The van der Waals surface area contributed by atoms with Gasteiger partial charge in [0, 0.05) is 30.3 Å². The zero-order valence-electron chi connectivity index (χ0n) is 14.0. The predicted octanol–water partition coefficient (Wildman–Crippen LogP) is 3.26. The van der Waals surface area contributed by atoms with Crippen molar-refractivity contribution in [3.05, 3.63) is 53.9 Å². The molecule has 9 heteroatoms. The van der Waals surface area contributed by atoms with Gasteiger partial charge in [0.2, 0.25) is 11.8 Å². The number of alkyl halides is 3. The monoisotopic (exact) mass is 395 g/mol. The minimum absolute atomic E-state index is 0.0516. The summed E-state index contributed by atoms with van der Waals surface area (Å²) in [6.07, 6.45) is -0.536. The smallest absolute Gasteiger partial charge is 0.356 e. The highest BCUT2D eigenvalue weighted by atomic mass is 32.2. The second-order valence-electron chi connectivity index (χ2n) is 5.97. The van der Waals surface area contributed by atoms with Gasteiger partial charge in [0.15, 0.2) is 0 Å². The highest BCUT2D eigenvalue weighted by Gasteiger charge is 2.34. The summed E-state index contributed by atoms with van der Waals surface area (Å²) in [7, 11) is 0. The van der Waals surface area contributed by atoms with Gasteiger partial charge in [-0.15, -0.1) is 11.8 Å². The Morgan fingerprint density at radius 1 is 1.30 bits per heavy atom. The number of carbonyl (C=O) groups is 2. The first-order valence-corrected chi connectivity index (χ1v) is 9.05. The molecule has 142 valence electrons. The molecule has 0 saturated heterocycles. The molecule has 1 unspecified atom stereocenters. The van der Waals surface area contributed by atoms with Crippen LogP contribution < -0.4 is 10.6 Å². The molecule has 1 aromatic carbocycles. The van der Waals surface area contributed by atoms with Crippen LogP contribution in [-0.4, -0.2) is 28.6 Å². The van der Waals surface area contributed by atoms with Crippen LogP contribution in [0.2, 0.25) is 0 Å². The molecule has 2 amide bonds. The number of aromatic nitrogens is 1. The van der Waals surface area contributed by atoms with E-state index in [1.165, 1.54) is 6.07 Å². The maximum absolute atomic E-state index is 12.8. The highest BCUT2D eigenvalue weighted by molar-refractivity contribution is 8.01. The molecule has 27 heavy (non-hydrogen) atoms. The molecule has 0 radical (unpaired) electrons. The van der Waals surface area contributed by atoms with Crippen molar-refractivity contribution in [3.63, 3.8) is 0 Å². The highest BCUT2D eigenvalue weighted by Crippen LogP contribution is 2.40. The molecule has 0 saturated carbocycles. The van der Waals surface area contributed by atoms with E-state index in [4.69, 9.17) is 0 Å². The standard InChI is InChI=1S/C18H16F3N3O2S/c19-18(20,21)12-3-4-14-13(8-12)24-17(26)15(27-14)9-16(25)23-7-5-11-2-1-6-22-10-11/h1-4,6,8,10,15H,5,7,9H2,(H,23,25)(H,24,26). The molecule has 0 aliphatic carbocycles. The third-order valence-electron chi connectivity index (χ3n) is 3.96. The summed E-state index contributed by atoms with van der Waals surface area (Å²) >= 11 is 1.09. The molecular weight excluding hydrogens is 379 g/mol. The van der Waals surface area contributed by atoms with Crippen molar-refractivity contribution < 1.29 is 22.8 Å². The van der Waals surface area contributed by atoms with Crippen LogP contribution in [0.4, 0.5) is 18.9 Å². The third kappa shape index (κ3) is 5.00. The number of nitrogens with zero attached hydrogens (tertiary/aromatic N) is 1. The number of benzene rings is 1. The molecule has 1 aliphatic rings. The molecule has 1 aromatic heterocycles. The van der Waals surface area contributed by atoms with E-state index >= 15 is 0 Å². The SMILES string of the molecule is O=C(CC1Sc2ccc(C(F)(F)F)cc2NC1=O)NCCc1cccnc1. The summed E-state index contributed by atoms with van der Waals surface area (Å²) in [4.78, 5) is 28.7.